The molecule has 6 aliphatic heterocycles. The molecular formula is C29H34O11. The smallest absolute Gasteiger partial charge is 0.342 e. The van der Waals surface area contributed by atoms with Crippen LogP contribution < -0.4 is 0 Å². The van der Waals surface area contributed by atoms with E-state index in [-0.39, 0.29) is 56.1 Å². The number of epoxide rings is 1. The maximum absolute atomic E-state index is 15.0. The number of ether oxygens (including phenoxy) is 6. The fourth-order valence-electron chi connectivity index (χ4n) is 11.5. The lowest BCUT2D eigenvalue weighted by Crippen LogP contribution is -2.79. The van der Waals surface area contributed by atoms with Gasteiger partial charge in [0.1, 0.15) is 17.5 Å². The highest BCUT2D eigenvalue weighted by atomic mass is 16.8. The van der Waals surface area contributed by atoms with Gasteiger partial charge >= 0.3 is 11.9 Å². The number of carbonyl (C=O) groups excluding carboxylic acids is 4. The van der Waals surface area contributed by atoms with E-state index in [2.05, 4.69) is 0 Å². The molecule has 11 heteroatoms. The van der Waals surface area contributed by atoms with Crippen LogP contribution in [0.5, 0.6) is 0 Å². The van der Waals surface area contributed by atoms with Crippen LogP contribution in [0.25, 0.3) is 0 Å². The van der Waals surface area contributed by atoms with Crippen LogP contribution >= 0.6 is 0 Å². The van der Waals surface area contributed by atoms with E-state index in [9.17, 15) is 19.5 Å². The second-order valence-corrected chi connectivity index (χ2v) is 14.5. The summed E-state index contributed by atoms with van der Waals surface area (Å²) in [6.07, 6.45) is 0.203. The largest absolute Gasteiger partial charge is 0.458 e. The van der Waals surface area contributed by atoms with Crippen LogP contribution in [0.3, 0.4) is 0 Å². The molecule has 0 aromatic heterocycles. The van der Waals surface area contributed by atoms with E-state index in [1.165, 1.54) is 0 Å². The first-order valence-electron chi connectivity index (χ1n) is 14.6. The average molecular weight is 559 g/mol. The van der Waals surface area contributed by atoms with Gasteiger partial charge in [0.25, 0.3) is 0 Å². The number of hydrogen-bond donors (Lipinski definition) is 1. The fourth-order valence-corrected chi connectivity index (χ4v) is 11.5. The number of Topliss-reactive ketones (excluding diaryl/α,β-unsaturated/α-hetero) is 2. The van der Waals surface area contributed by atoms with Crippen molar-refractivity contribution >= 4 is 23.5 Å². The maximum atomic E-state index is 15.0. The molecule has 3 spiro atoms. The highest BCUT2D eigenvalue weighted by Gasteiger charge is 2.94. The number of methoxy groups -OCH3 is 1. The van der Waals surface area contributed by atoms with Gasteiger partial charge in [-0.1, -0.05) is 6.92 Å². The molecule has 0 aromatic carbocycles. The number of hydrogen-bond acceptors (Lipinski definition) is 11. The van der Waals surface area contributed by atoms with Gasteiger partial charge in [0, 0.05) is 25.9 Å². The Morgan fingerprint density at radius 1 is 1.02 bits per heavy atom. The molecule has 1 N–H and O–H groups in total. The van der Waals surface area contributed by atoms with Crippen LogP contribution in [0.1, 0.15) is 59.3 Å². The number of carbonyl (C=O) groups is 4. The number of esters is 2. The Hall–Kier alpha value is -1.92. The van der Waals surface area contributed by atoms with E-state index < -0.39 is 80.7 Å². The normalized spacial score (nSPS) is 63.8. The van der Waals surface area contributed by atoms with Crippen LogP contribution in [0.15, 0.2) is 0 Å². The van der Waals surface area contributed by atoms with E-state index in [1.54, 1.807) is 14.0 Å². The first kappa shape index (κ1) is 24.7. The summed E-state index contributed by atoms with van der Waals surface area (Å²) in [4.78, 5) is 56.2. The molecule has 14 atom stereocenters. The van der Waals surface area contributed by atoms with Crippen molar-refractivity contribution in [2.75, 3.05) is 13.7 Å². The molecule has 9 fully saturated rings. The standard InChI is InChI=1S/C29H34O11/c1-23-10-18-25(3)29-19(23)20(31)28(40-29,36-11-15(23)21(32)37-18)14-8-17-27(38-17)9-12(35-4)7-16(30)24(27,2)13(14)5-6-26(29,34)22(33)39-25/h12-15,17-19,34H,5-11H2,1-4H3/t12-,13+,14-,15+,17-,18-,19+,23-,24+,25+,26+,27-,28+,29+/m1/s1. The monoisotopic (exact) mass is 558 g/mol. The summed E-state index contributed by atoms with van der Waals surface area (Å²) < 4.78 is 37.4. The fraction of sp³-hybridized carbons (Fsp3) is 0.862. The summed E-state index contributed by atoms with van der Waals surface area (Å²) in [7, 11) is 1.59. The van der Waals surface area contributed by atoms with Gasteiger partial charge in [-0.25, -0.2) is 4.79 Å². The number of fused-ring (bicyclic) bond motifs is 4. The summed E-state index contributed by atoms with van der Waals surface area (Å²) in [6, 6.07) is 0. The van der Waals surface area contributed by atoms with Gasteiger partial charge < -0.3 is 33.5 Å². The topological polar surface area (TPSA) is 147 Å². The molecule has 6 heterocycles. The van der Waals surface area contributed by atoms with Crippen molar-refractivity contribution in [3.05, 3.63) is 0 Å². The molecule has 0 amide bonds. The predicted molar refractivity (Wildman–Crippen MR) is 128 cm³/mol. The molecule has 9 rings (SSSR count). The minimum absolute atomic E-state index is 0.0238. The molecule has 216 valence electrons. The van der Waals surface area contributed by atoms with E-state index in [0.717, 1.165) is 0 Å². The van der Waals surface area contributed by atoms with Gasteiger partial charge in [-0.15, -0.1) is 0 Å². The molecule has 5 bridgehead atoms. The second kappa shape index (κ2) is 6.51. The predicted octanol–water partition coefficient (Wildman–Crippen LogP) is 0.617. The average Bonchev–Trinajstić information content (AvgIpc) is 3.49. The number of aliphatic hydroxyl groups is 1. The maximum Gasteiger partial charge on any atom is 0.342 e. The molecule has 11 nitrogen and oxygen atoms in total. The van der Waals surface area contributed by atoms with Crippen molar-refractivity contribution in [2.24, 2.45) is 34.5 Å². The summed E-state index contributed by atoms with van der Waals surface area (Å²) in [6.45, 7) is 5.28. The Morgan fingerprint density at radius 2 is 1.80 bits per heavy atom. The molecule has 3 saturated carbocycles. The van der Waals surface area contributed by atoms with E-state index in [4.69, 9.17) is 28.4 Å². The third-order valence-corrected chi connectivity index (χ3v) is 13.6. The number of rotatable bonds is 1. The van der Waals surface area contributed by atoms with Crippen molar-refractivity contribution in [3.8, 4) is 0 Å². The van der Waals surface area contributed by atoms with E-state index in [1.807, 2.05) is 13.8 Å². The zero-order valence-corrected chi connectivity index (χ0v) is 23.0. The van der Waals surface area contributed by atoms with Crippen LogP contribution in [-0.2, 0) is 47.6 Å². The molecule has 9 aliphatic rings. The van der Waals surface area contributed by atoms with Crippen molar-refractivity contribution in [2.45, 2.75) is 106 Å². The lowest BCUT2D eigenvalue weighted by Gasteiger charge is -2.63. The first-order valence-corrected chi connectivity index (χ1v) is 14.6. The lowest BCUT2D eigenvalue weighted by atomic mass is 9.46. The quantitative estimate of drug-likeness (QED) is 0.357. The lowest BCUT2D eigenvalue weighted by molar-refractivity contribution is -0.376. The second-order valence-electron chi connectivity index (χ2n) is 14.5. The van der Waals surface area contributed by atoms with Crippen LogP contribution in [0.4, 0.5) is 0 Å². The van der Waals surface area contributed by atoms with Gasteiger partial charge in [0.15, 0.2) is 22.6 Å². The molecular weight excluding hydrogens is 524 g/mol. The highest BCUT2D eigenvalue weighted by molar-refractivity contribution is 5.99. The molecule has 0 radical (unpaired) electrons. The minimum Gasteiger partial charge on any atom is -0.458 e. The van der Waals surface area contributed by atoms with E-state index in [0.29, 0.717) is 12.8 Å². The minimum atomic E-state index is -2.21. The van der Waals surface area contributed by atoms with Crippen molar-refractivity contribution < 1.29 is 52.7 Å². The summed E-state index contributed by atoms with van der Waals surface area (Å²) in [5.74, 6) is -6.57. The van der Waals surface area contributed by atoms with E-state index >= 15 is 4.79 Å². The Labute approximate surface area is 230 Å². The van der Waals surface area contributed by atoms with Crippen molar-refractivity contribution in [1.29, 1.82) is 0 Å². The van der Waals surface area contributed by atoms with Gasteiger partial charge in [0.05, 0.1) is 36.1 Å². The summed E-state index contributed by atoms with van der Waals surface area (Å²) in [5, 5.41) is 12.5. The highest BCUT2D eigenvalue weighted by Crippen LogP contribution is 2.77. The molecule has 3 aliphatic carbocycles. The summed E-state index contributed by atoms with van der Waals surface area (Å²) >= 11 is 0. The van der Waals surface area contributed by atoms with Crippen molar-refractivity contribution in [3.63, 3.8) is 0 Å². The first-order chi connectivity index (χ1) is 18.8. The zero-order chi connectivity index (χ0) is 28.0. The Balaban J connectivity index is 1.30. The van der Waals surface area contributed by atoms with Crippen LogP contribution in [0, 0.1) is 34.5 Å². The Kier molecular flexibility index (Phi) is 4.02. The third kappa shape index (κ3) is 2.05. The zero-order valence-electron chi connectivity index (χ0n) is 23.0. The Bertz CT molecular complexity index is 1350. The molecule has 6 saturated heterocycles. The molecule has 0 aromatic rings. The van der Waals surface area contributed by atoms with Crippen LogP contribution in [0.2, 0.25) is 0 Å². The van der Waals surface area contributed by atoms with Crippen LogP contribution in [-0.4, -0.2) is 88.8 Å². The molecule has 40 heavy (non-hydrogen) atoms. The molecule has 0 unspecified atom stereocenters. The Morgan fingerprint density at radius 3 is 2.55 bits per heavy atom. The van der Waals surface area contributed by atoms with Gasteiger partial charge in [0.2, 0.25) is 5.79 Å². The van der Waals surface area contributed by atoms with Gasteiger partial charge in [-0.3, -0.25) is 14.4 Å². The third-order valence-electron chi connectivity index (χ3n) is 13.6. The van der Waals surface area contributed by atoms with Gasteiger partial charge in [-0.2, -0.15) is 0 Å². The van der Waals surface area contributed by atoms with Crippen molar-refractivity contribution in [1.82, 2.24) is 0 Å². The van der Waals surface area contributed by atoms with Gasteiger partial charge in [-0.05, 0) is 50.9 Å². The number of ketones is 2. The summed E-state index contributed by atoms with van der Waals surface area (Å²) in [5.41, 5.74) is -8.36. The SMILES string of the molecule is CO[C@@H]1CC(=O)[C@]2(C)[C@H]3CC[C@]4(O)C(=O)O[C@@]5(C)[C@H]6C[C@]7(C)[C@@H](CO[C@]8(O[C@@]54[C@H]7C8=O)[C@@H]3C[C@H]3O[C@]32C1)C(=O)O6.